The Morgan fingerprint density at radius 3 is 3.11 bits per heavy atom. The molecule has 0 aliphatic carbocycles. The number of halogens is 1. The zero-order chi connectivity index (χ0) is 12.5. The molecule has 0 amide bonds. The molecular weight excluding hydrogens is 252 g/mol. The molecule has 0 saturated heterocycles. The van der Waals surface area contributed by atoms with Gasteiger partial charge in [0.1, 0.15) is 5.75 Å². The highest BCUT2D eigenvalue weighted by Crippen LogP contribution is 2.33. The van der Waals surface area contributed by atoms with E-state index in [4.69, 9.17) is 22.1 Å². The first-order valence-corrected chi connectivity index (χ1v) is 6.17. The predicted molar refractivity (Wildman–Crippen MR) is 67.7 cm³/mol. The number of fused-ring (bicyclic) bond motifs is 1. The zero-order valence-electron chi connectivity index (χ0n) is 9.77. The normalized spacial score (nSPS) is 13.4. The minimum absolute atomic E-state index is 0.393. The van der Waals surface area contributed by atoms with Crippen molar-refractivity contribution < 1.29 is 4.74 Å². The average Bonchev–Trinajstić information content (AvgIpc) is 2.97. The fraction of sp³-hybridized carbons (Fsp3) is 0.333. The average molecular weight is 265 g/mol. The summed E-state index contributed by atoms with van der Waals surface area (Å²) in [5.74, 6) is 0.934. The molecule has 0 saturated carbocycles. The summed E-state index contributed by atoms with van der Waals surface area (Å²) in [5, 5.41) is 8.72. The molecule has 0 atom stereocenters. The Labute approximate surface area is 109 Å². The number of nitrogens with zero attached hydrogens (tertiary/aromatic N) is 3. The van der Waals surface area contributed by atoms with Crippen molar-refractivity contribution in [3.05, 3.63) is 40.2 Å². The van der Waals surface area contributed by atoms with Crippen molar-refractivity contribution in [2.75, 3.05) is 6.61 Å². The topological polar surface area (TPSA) is 66.0 Å². The molecule has 1 aromatic carbocycles. The fourth-order valence-corrected chi connectivity index (χ4v) is 2.41. The van der Waals surface area contributed by atoms with Crippen molar-refractivity contribution in [3.63, 3.8) is 0 Å². The van der Waals surface area contributed by atoms with E-state index >= 15 is 0 Å². The number of ether oxygens (including phenoxy) is 1. The van der Waals surface area contributed by atoms with Gasteiger partial charge in [0.05, 0.1) is 25.0 Å². The molecule has 94 valence electrons. The van der Waals surface area contributed by atoms with Gasteiger partial charge in [0.2, 0.25) is 0 Å². The van der Waals surface area contributed by atoms with Crippen molar-refractivity contribution in [1.29, 1.82) is 0 Å². The Hall–Kier alpha value is -1.59. The van der Waals surface area contributed by atoms with Crippen LogP contribution in [-0.4, -0.2) is 21.6 Å². The maximum Gasteiger partial charge on any atom is 0.127 e. The number of hydrogen-bond acceptors (Lipinski definition) is 4. The molecule has 0 radical (unpaired) electrons. The first-order chi connectivity index (χ1) is 8.76. The van der Waals surface area contributed by atoms with Gasteiger partial charge in [-0.1, -0.05) is 16.8 Å². The number of nitrogens with two attached hydrogens (primary N) is 1. The Bertz CT molecular complexity index is 581. The van der Waals surface area contributed by atoms with Crippen LogP contribution in [0.4, 0.5) is 0 Å². The van der Waals surface area contributed by atoms with Gasteiger partial charge >= 0.3 is 0 Å². The van der Waals surface area contributed by atoms with Gasteiger partial charge in [-0.15, -0.1) is 5.10 Å². The first kappa shape index (κ1) is 11.5. The molecule has 1 aliphatic rings. The summed E-state index contributed by atoms with van der Waals surface area (Å²) in [6.45, 7) is 1.70. The highest BCUT2D eigenvalue weighted by molar-refractivity contribution is 6.30. The number of benzene rings is 1. The second-order valence-electron chi connectivity index (χ2n) is 4.26. The van der Waals surface area contributed by atoms with Gasteiger partial charge in [-0.2, -0.15) is 0 Å². The third-order valence-corrected chi connectivity index (χ3v) is 3.17. The van der Waals surface area contributed by atoms with Crippen molar-refractivity contribution in [1.82, 2.24) is 15.0 Å². The summed E-state index contributed by atoms with van der Waals surface area (Å²) in [6, 6.07) is 3.87. The van der Waals surface area contributed by atoms with E-state index in [-0.39, 0.29) is 0 Å². The second-order valence-corrected chi connectivity index (χ2v) is 4.70. The molecule has 0 fully saturated rings. The van der Waals surface area contributed by atoms with Gasteiger partial charge in [0.25, 0.3) is 0 Å². The van der Waals surface area contributed by atoms with Gasteiger partial charge in [0.15, 0.2) is 0 Å². The standard InChI is InChI=1S/C12H13ClN4O/c13-10-3-8-1-2-18-12(8)9(4-10)6-17-7-11(5-14)15-16-17/h3-4,7H,1-2,5-6,14H2. The Balaban J connectivity index is 1.92. The Kier molecular flexibility index (Phi) is 2.93. The zero-order valence-corrected chi connectivity index (χ0v) is 10.5. The lowest BCUT2D eigenvalue weighted by molar-refractivity contribution is 0.352. The van der Waals surface area contributed by atoms with Crippen LogP contribution in [0.25, 0.3) is 0 Å². The lowest BCUT2D eigenvalue weighted by Gasteiger charge is -2.08. The fourth-order valence-electron chi connectivity index (χ4n) is 2.15. The van der Waals surface area contributed by atoms with E-state index < -0.39 is 0 Å². The molecule has 0 bridgehead atoms. The summed E-state index contributed by atoms with van der Waals surface area (Å²) in [4.78, 5) is 0. The van der Waals surface area contributed by atoms with Crippen molar-refractivity contribution in [2.45, 2.75) is 19.5 Å². The monoisotopic (exact) mass is 264 g/mol. The van der Waals surface area contributed by atoms with Crippen LogP contribution in [0.1, 0.15) is 16.8 Å². The summed E-state index contributed by atoms with van der Waals surface area (Å²) in [5.41, 5.74) is 8.48. The lowest BCUT2D eigenvalue weighted by atomic mass is 10.1. The molecule has 3 rings (SSSR count). The molecule has 0 unspecified atom stereocenters. The smallest absolute Gasteiger partial charge is 0.127 e. The van der Waals surface area contributed by atoms with Crippen LogP contribution in [0.3, 0.4) is 0 Å². The highest BCUT2D eigenvalue weighted by Gasteiger charge is 2.18. The van der Waals surface area contributed by atoms with Crippen LogP contribution in [0.2, 0.25) is 5.02 Å². The number of rotatable bonds is 3. The lowest BCUT2D eigenvalue weighted by Crippen LogP contribution is -2.02. The largest absolute Gasteiger partial charge is 0.493 e. The predicted octanol–water partition coefficient (Wildman–Crippen LogP) is 1.37. The van der Waals surface area contributed by atoms with E-state index in [1.54, 1.807) is 4.68 Å². The Morgan fingerprint density at radius 1 is 1.44 bits per heavy atom. The van der Waals surface area contributed by atoms with Crippen LogP contribution in [0, 0.1) is 0 Å². The molecule has 18 heavy (non-hydrogen) atoms. The van der Waals surface area contributed by atoms with Crippen molar-refractivity contribution >= 4 is 11.6 Å². The molecule has 5 nitrogen and oxygen atoms in total. The Morgan fingerprint density at radius 2 is 2.33 bits per heavy atom. The molecule has 0 spiro atoms. The van der Waals surface area contributed by atoms with E-state index in [2.05, 4.69) is 10.3 Å². The molecule has 2 N–H and O–H groups in total. The molecule has 6 heteroatoms. The third-order valence-electron chi connectivity index (χ3n) is 2.95. The van der Waals surface area contributed by atoms with Gasteiger partial charge in [0, 0.05) is 23.6 Å². The van der Waals surface area contributed by atoms with Crippen LogP contribution >= 0.6 is 11.6 Å². The van der Waals surface area contributed by atoms with E-state index in [1.165, 1.54) is 0 Å². The van der Waals surface area contributed by atoms with E-state index in [1.807, 2.05) is 18.3 Å². The third kappa shape index (κ3) is 2.07. The maximum atomic E-state index is 6.11. The van der Waals surface area contributed by atoms with Gasteiger partial charge in [-0.25, -0.2) is 4.68 Å². The number of aromatic nitrogens is 3. The van der Waals surface area contributed by atoms with Crippen molar-refractivity contribution in [2.24, 2.45) is 5.73 Å². The van der Waals surface area contributed by atoms with E-state index in [0.717, 1.165) is 34.0 Å². The minimum atomic E-state index is 0.393. The summed E-state index contributed by atoms with van der Waals surface area (Å²) in [6.07, 6.45) is 2.75. The molecule has 1 aliphatic heterocycles. The van der Waals surface area contributed by atoms with Gasteiger partial charge in [-0.05, 0) is 17.7 Å². The molecule has 2 heterocycles. The molecular formula is C12H13ClN4O. The number of hydrogen-bond donors (Lipinski definition) is 1. The first-order valence-electron chi connectivity index (χ1n) is 5.79. The maximum absolute atomic E-state index is 6.11. The van der Waals surface area contributed by atoms with E-state index in [9.17, 15) is 0 Å². The van der Waals surface area contributed by atoms with Gasteiger partial charge in [-0.3, -0.25) is 0 Å². The van der Waals surface area contributed by atoms with E-state index in [0.29, 0.717) is 19.7 Å². The van der Waals surface area contributed by atoms with Crippen LogP contribution in [0.15, 0.2) is 18.3 Å². The van der Waals surface area contributed by atoms with Crippen LogP contribution in [0.5, 0.6) is 5.75 Å². The second kappa shape index (κ2) is 4.59. The highest BCUT2D eigenvalue weighted by atomic mass is 35.5. The summed E-state index contributed by atoms with van der Waals surface area (Å²) in [7, 11) is 0. The SMILES string of the molecule is NCc1cn(Cc2cc(Cl)cc3c2OCC3)nn1. The molecule has 1 aromatic heterocycles. The summed E-state index contributed by atoms with van der Waals surface area (Å²) >= 11 is 6.11. The van der Waals surface area contributed by atoms with Crippen LogP contribution < -0.4 is 10.5 Å². The van der Waals surface area contributed by atoms with Crippen molar-refractivity contribution in [3.8, 4) is 5.75 Å². The van der Waals surface area contributed by atoms with Gasteiger partial charge < -0.3 is 10.5 Å². The molecule has 2 aromatic rings. The quantitative estimate of drug-likeness (QED) is 0.909. The summed E-state index contributed by atoms with van der Waals surface area (Å²) < 4.78 is 7.39. The minimum Gasteiger partial charge on any atom is -0.493 e. The van der Waals surface area contributed by atoms with Crippen LogP contribution in [-0.2, 0) is 19.5 Å².